The van der Waals surface area contributed by atoms with Crippen LogP contribution in [0.3, 0.4) is 0 Å². The molecule has 2 rings (SSSR count). The molecule has 1 heterocycles. The number of nitrogens with zero attached hydrogens (tertiary/aromatic N) is 2. The van der Waals surface area contributed by atoms with Crippen molar-refractivity contribution in [3.05, 3.63) is 41.2 Å². The van der Waals surface area contributed by atoms with Crippen molar-refractivity contribution in [2.75, 3.05) is 14.2 Å². The summed E-state index contributed by atoms with van der Waals surface area (Å²) in [5, 5.41) is 8.20. The maximum atomic E-state index is 6.36. The first-order valence-electron chi connectivity index (χ1n) is 6.76. The topological polar surface area (TPSA) is 48.3 Å². The van der Waals surface area contributed by atoms with Crippen LogP contribution in [0.5, 0.6) is 11.5 Å². The van der Waals surface area contributed by atoms with Gasteiger partial charge in [0.15, 0.2) is 11.5 Å². The zero-order chi connectivity index (χ0) is 15.2. The first-order valence-corrected chi connectivity index (χ1v) is 7.13. The van der Waals surface area contributed by atoms with Crippen molar-refractivity contribution in [1.29, 1.82) is 0 Å². The minimum absolute atomic E-state index is 0.272. The SMILES string of the molecule is COc1ccc(CNC(C)Cn2cccn2)c(Cl)c1OC. The molecule has 0 aliphatic carbocycles. The molecule has 0 fully saturated rings. The fourth-order valence-corrected chi connectivity index (χ4v) is 2.40. The van der Waals surface area contributed by atoms with Crippen molar-refractivity contribution in [2.24, 2.45) is 0 Å². The van der Waals surface area contributed by atoms with Crippen molar-refractivity contribution >= 4 is 11.6 Å². The Kier molecular flexibility index (Phi) is 5.47. The minimum Gasteiger partial charge on any atom is -0.493 e. The zero-order valence-electron chi connectivity index (χ0n) is 12.5. The molecule has 1 unspecified atom stereocenters. The fourth-order valence-electron chi connectivity index (χ4n) is 2.10. The van der Waals surface area contributed by atoms with E-state index in [1.54, 1.807) is 20.4 Å². The number of ether oxygens (including phenoxy) is 2. The third kappa shape index (κ3) is 3.89. The summed E-state index contributed by atoms with van der Waals surface area (Å²) >= 11 is 6.36. The average molecular weight is 310 g/mol. The van der Waals surface area contributed by atoms with E-state index >= 15 is 0 Å². The van der Waals surface area contributed by atoms with Crippen LogP contribution in [-0.4, -0.2) is 30.0 Å². The molecular weight excluding hydrogens is 290 g/mol. The highest BCUT2D eigenvalue weighted by molar-refractivity contribution is 6.33. The Bertz CT molecular complexity index is 573. The fraction of sp³-hybridized carbons (Fsp3) is 0.400. The van der Waals surface area contributed by atoms with Gasteiger partial charge in [0, 0.05) is 25.0 Å². The number of aromatic nitrogens is 2. The number of halogens is 1. The molecule has 21 heavy (non-hydrogen) atoms. The molecule has 1 N–H and O–H groups in total. The van der Waals surface area contributed by atoms with Crippen LogP contribution in [0.2, 0.25) is 5.02 Å². The van der Waals surface area contributed by atoms with E-state index in [1.165, 1.54) is 0 Å². The van der Waals surface area contributed by atoms with E-state index in [4.69, 9.17) is 21.1 Å². The molecule has 0 amide bonds. The Balaban J connectivity index is 1.99. The van der Waals surface area contributed by atoms with Crippen LogP contribution in [0.4, 0.5) is 0 Å². The molecule has 0 aliphatic rings. The second kappa shape index (κ2) is 7.33. The Labute approximate surface area is 129 Å². The molecule has 1 aromatic heterocycles. The largest absolute Gasteiger partial charge is 0.493 e. The molecule has 1 aromatic carbocycles. The summed E-state index contributed by atoms with van der Waals surface area (Å²) in [6, 6.07) is 5.99. The lowest BCUT2D eigenvalue weighted by Crippen LogP contribution is -2.30. The highest BCUT2D eigenvalue weighted by atomic mass is 35.5. The van der Waals surface area contributed by atoms with Crippen molar-refractivity contribution in [3.63, 3.8) is 0 Å². The molecule has 0 saturated heterocycles. The maximum absolute atomic E-state index is 6.36. The van der Waals surface area contributed by atoms with Crippen LogP contribution in [-0.2, 0) is 13.1 Å². The van der Waals surface area contributed by atoms with Gasteiger partial charge in [-0.05, 0) is 24.6 Å². The summed E-state index contributed by atoms with van der Waals surface area (Å²) in [5.74, 6) is 1.20. The highest BCUT2D eigenvalue weighted by Gasteiger charge is 2.13. The zero-order valence-corrected chi connectivity index (χ0v) is 13.2. The van der Waals surface area contributed by atoms with Crippen LogP contribution in [0.25, 0.3) is 0 Å². The van der Waals surface area contributed by atoms with E-state index in [-0.39, 0.29) is 6.04 Å². The molecule has 114 valence electrons. The smallest absolute Gasteiger partial charge is 0.179 e. The van der Waals surface area contributed by atoms with Gasteiger partial charge in [0.2, 0.25) is 0 Å². The highest BCUT2D eigenvalue weighted by Crippen LogP contribution is 2.37. The molecule has 0 saturated carbocycles. The Morgan fingerprint density at radius 3 is 2.76 bits per heavy atom. The van der Waals surface area contributed by atoms with Crippen LogP contribution in [0, 0.1) is 0 Å². The molecule has 2 aromatic rings. The van der Waals surface area contributed by atoms with Gasteiger partial charge < -0.3 is 14.8 Å². The van der Waals surface area contributed by atoms with E-state index in [9.17, 15) is 0 Å². The Hall–Kier alpha value is -1.72. The van der Waals surface area contributed by atoms with Gasteiger partial charge in [0.05, 0.1) is 25.8 Å². The number of benzene rings is 1. The second-order valence-corrected chi connectivity index (χ2v) is 5.16. The maximum Gasteiger partial charge on any atom is 0.179 e. The summed E-state index contributed by atoms with van der Waals surface area (Å²) in [4.78, 5) is 0. The number of methoxy groups -OCH3 is 2. The van der Waals surface area contributed by atoms with Crippen LogP contribution >= 0.6 is 11.6 Å². The van der Waals surface area contributed by atoms with Gasteiger partial charge in [-0.2, -0.15) is 5.10 Å². The Morgan fingerprint density at radius 1 is 1.33 bits per heavy atom. The van der Waals surface area contributed by atoms with Crippen molar-refractivity contribution in [1.82, 2.24) is 15.1 Å². The predicted octanol–water partition coefficient (Wildman–Crippen LogP) is 2.73. The van der Waals surface area contributed by atoms with Crippen molar-refractivity contribution in [2.45, 2.75) is 26.1 Å². The molecular formula is C15H20ClN3O2. The molecule has 1 atom stereocenters. The summed E-state index contributed by atoms with van der Waals surface area (Å²) < 4.78 is 12.4. The summed E-state index contributed by atoms with van der Waals surface area (Å²) in [6.45, 7) is 3.57. The quantitative estimate of drug-likeness (QED) is 0.854. The number of hydrogen-bond donors (Lipinski definition) is 1. The van der Waals surface area contributed by atoms with Gasteiger partial charge in [-0.1, -0.05) is 17.7 Å². The van der Waals surface area contributed by atoms with Crippen LogP contribution in [0.1, 0.15) is 12.5 Å². The van der Waals surface area contributed by atoms with Gasteiger partial charge >= 0.3 is 0 Å². The monoisotopic (exact) mass is 309 g/mol. The standard InChI is InChI=1S/C15H20ClN3O2/c1-11(10-19-8-4-7-18-19)17-9-12-5-6-13(20-2)15(21-3)14(12)16/h4-8,11,17H,9-10H2,1-3H3. The number of nitrogens with one attached hydrogen (secondary N) is 1. The van der Waals surface area contributed by atoms with E-state index in [0.29, 0.717) is 23.1 Å². The summed E-state index contributed by atoms with van der Waals surface area (Å²) in [5.41, 5.74) is 0.974. The number of rotatable bonds is 7. The van der Waals surface area contributed by atoms with Gasteiger partial charge in [0.1, 0.15) is 0 Å². The molecule has 0 spiro atoms. The van der Waals surface area contributed by atoms with Crippen molar-refractivity contribution in [3.8, 4) is 11.5 Å². The predicted molar refractivity (Wildman–Crippen MR) is 83.1 cm³/mol. The summed E-state index contributed by atoms with van der Waals surface area (Å²) in [7, 11) is 3.18. The first-order chi connectivity index (χ1) is 10.2. The number of hydrogen-bond acceptors (Lipinski definition) is 4. The van der Waals surface area contributed by atoms with E-state index in [1.807, 2.05) is 29.1 Å². The average Bonchev–Trinajstić information content (AvgIpc) is 2.98. The molecule has 0 radical (unpaired) electrons. The third-order valence-electron chi connectivity index (χ3n) is 3.23. The van der Waals surface area contributed by atoms with Gasteiger partial charge in [-0.3, -0.25) is 4.68 Å². The van der Waals surface area contributed by atoms with E-state index in [0.717, 1.165) is 12.1 Å². The minimum atomic E-state index is 0.272. The lowest BCUT2D eigenvalue weighted by Gasteiger charge is -2.16. The normalized spacial score (nSPS) is 12.2. The van der Waals surface area contributed by atoms with Crippen molar-refractivity contribution < 1.29 is 9.47 Å². The lowest BCUT2D eigenvalue weighted by molar-refractivity contribution is 0.354. The van der Waals surface area contributed by atoms with E-state index < -0.39 is 0 Å². The van der Waals surface area contributed by atoms with Gasteiger partial charge in [0.25, 0.3) is 0 Å². The lowest BCUT2D eigenvalue weighted by atomic mass is 10.2. The molecule has 0 aliphatic heterocycles. The first kappa shape index (κ1) is 15.7. The second-order valence-electron chi connectivity index (χ2n) is 4.78. The Morgan fingerprint density at radius 2 is 2.14 bits per heavy atom. The molecule has 0 bridgehead atoms. The van der Waals surface area contributed by atoms with Gasteiger partial charge in [-0.25, -0.2) is 0 Å². The third-order valence-corrected chi connectivity index (χ3v) is 3.64. The molecule has 6 heteroatoms. The summed E-state index contributed by atoms with van der Waals surface area (Å²) in [6.07, 6.45) is 3.72. The molecule has 5 nitrogen and oxygen atoms in total. The van der Waals surface area contributed by atoms with Gasteiger partial charge in [-0.15, -0.1) is 0 Å². The van der Waals surface area contributed by atoms with Crippen LogP contribution in [0.15, 0.2) is 30.6 Å². The van der Waals surface area contributed by atoms with E-state index in [2.05, 4.69) is 17.3 Å². The van der Waals surface area contributed by atoms with Crippen LogP contribution < -0.4 is 14.8 Å².